The molecule has 3 N–H and O–H groups in total. The van der Waals surface area contributed by atoms with E-state index in [-0.39, 0.29) is 16.5 Å². The SMILES string of the molecule is C=C/C=C/c1ccc(O)c(C)c1.C=O.CC(C)(C)c1ccc(O)cc1.COCl.COc1ccc(C(C)=O)cc1C.COc1ccccc1C.Cc1ccccc1O.ClCCl.[Cl][Al]([Cl])[Cl]. The van der Waals surface area contributed by atoms with E-state index in [9.17, 15) is 9.90 Å². The van der Waals surface area contributed by atoms with Crippen LogP contribution >= 0.6 is 65.2 Å². The molecule has 64 heavy (non-hydrogen) atoms. The number of para-hydroxylation sites is 2. The number of ketones is 1. The van der Waals surface area contributed by atoms with Crippen LogP contribution in [0.15, 0.2) is 128 Å². The Morgan fingerprint density at radius 3 is 1.45 bits per heavy atom. The van der Waals surface area contributed by atoms with Gasteiger partial charge in [-0.15, -0.1) is 23.2 Å². The van der Waals surface area contributed by atoms with Crippen molar-refractivity contribution in [3.05, 3.63) is 167 Å². The van der Waals surface area contributed by atoms with Crippen LogP contribution in [-0.4, -0.2) is 65.9 Å². The fourth-order valence-corrected chi connectivity index (χ4v) is 4.37. The number of aryl methyl sites for hydroxylation is 4. The summed E-state index contributed by atoms with van der Waals surface area (Å²) in [7, 11) is 19.5. The maximum atomic E-state index is 11.0. The molecule has 0 aromatic heterocycles. The molecule has 0 atom stereocenters. The molecule has 5 aromatic rings. The summed E-state index contributed by atoms with van der Waals surface area (Å²) in [6.45, 7) is 21.3. The summed E-state index contributed by atoms with van der Waals surface area (Å²) in [4.78, 5) is 19.0. The van der Waals surface area contributed by atoms with Crippen LogP contribution < -0.4 is 9.47 Å². The average molecular weight is 1020 g/mol. The number of carbonyl (C=O) groups is 2. The molecule has 0 aliphatic heterocycles. The lowest BCUT2D eigenvalue weighted by Crippen LogP contribution is -2.10. The summed E-state index contributed by atoms with van der Waals surface area (Å²) in [5, 5.41) is 27.4. The van der Waals surface area contributed by atoms with E-state index < -0.39 is 11.4 Å². The number of ether oxygens (including phenoxy) is 2. The van der Waals surface area contributed by atoms with Gasteiger partial charge in [0.25, 0.3) is 0 Å². The van der Waals surface area contributed by atoms with Gasteiger partial charge in [0.15, 0.2) is 5.78 Å². The minimum absolute atomic E-state index is 0.0840. The molecule has 0 unspecified atom stereocenters. The minimum atomic E-state index is -1.72. The maximum Gasteiger partial charge on any atom is 0.643 e. The van der Waals surface area contributed by atoms with E-state index in [1.54, 1.807) is 57.6 Å². The zero-order chi connectivity index (χ0) is 50.3. The maximum absolute atomic E-state index is 11.0. The second-order valence-corrected chi connectivity index (χ2v) is 21.0. The third-order valence-electron chi connectivity index (χ3n) is 7.61. The Labute approximate surface area is 414 Å². The normalized spacial score (nSPS) is 9.20. The first-order valence-electron chi connectivity index (χ1n) is 19.0. The fraction of sp³-hybridized carbons (Fsp3) is 0.265. The Balaban J connectivity index is -0.000000332. The molecule has 0 heterocycles. The van der Waals surface area contributed by atoms with E-state index in [4.69, 9.17) is 77.8 Å². The van der Waals surface area contributed by atoms with Crippen LogP contribution in [-0.2, 0) is 14.5 Å². The Hall–Kier alpha value is -3.85. The van der Waals surface area contributed by atoms with Gasteiger partial charge in [-0.2, -0.15) is 0 Å². The molecule has 0 aliphatic carbocycles. The summed E-state index contributed by atoms with van der Waals surface area (Å²) in [6, 6.07) is 33.4. The summed E-state index contributed by atoms with van der Waals surface area (Å²) >= 11 is 12.3. The molecule has 8 nitrogen and oxygen atoms in total. The number of benzene rings is 5. The smallest absolute Gasteiger partial charge is 0.508 e. The lowest BCUT2D eigenvalue weighted by atomic mass is 9.87. The topological polar surface area (TPSA) is 123 Å². The van der Waals surface area contributed by atoms with Gasteiger partial charge in [0.05, 0.1) is 38.5 Å². The van der Waals surface area contributed by atoms with E-state index in [1.807, 2.05) is 125 Å². The molecule has 0 spiro atoms. The number of hydrogen-bond acceptors (Lipinski definition) is 8. The molecule has 0 fully saturated rings. The van der Waals surface area contributed by atoms with Crippen molar-refractivity contribution in [2.45, 2.75) is 60.8 Å². The highest BCUT2D eigenvalue weighted by Gasteiger charge is 2.12. The summed E-state index contributed by atoms with van der Waals surface area (Å²) in [5.41, 5.74) is 7.21. The molecule has 5 rings (SSSR count). The Morgan fingerprint density at radius 2 is 1.11 bits per heavy atom. The first-order chi connectivity index (χ1) is 30.1. The summed E-state index contributed by atoms with van der Waals surface area (Å²) in [6.07, 6.45) is 5.54. The largest absolute Gasteiger partial charge is 0.643 e. The molecular weight excluding hydrogens is 956 g/mol. The van der Waals surface area contributed by atoms with Crippen molar-refractivity contribution in [1.82, 2.24) is 0 Å². The van der Waals surface area contributed by atoms with Crippen molar-refractivity contribution in [2.24, 2.45) is 0 Å². The predicted molar refractivity (Wildman–Crippen MR) is 277 cm³/mol. The van der Waals surface area contributed by atoms with Crippen molar-refractivity contribution in [3.63, 3.8) is 0 Å². The molecule has 0 aliphatic rings. The number of alkyl halides is 2. The van der Waals surface area contributed by atoms with Gasteiger partial charge in [-0.05, 0) is 128 Å². The first-order valence-corrected chi connectivity index (χ1v) is 25.6. The number of rotatable bonds is 5. The van der Waals surface area contributed by atoms with Crippen LogP contribution in [0, 0.1) is 27.7 Å². The number of phenolic OH excluding ortho intramolecular Hbond substituents is 3. The molecular formula is C49H63AlCl6O8. The number of methoxy groups -OCH3 is 2. The van der Waals surface area contributed by atoms with Crippen LogP contribution in [0.2, 0.25) is 0 Å². The number of allylic oxidation sites excluding steroid dienone is 2. The van der Waals surface area contributed by atoms with Gasteiger partial charge < -0.3 is 29.6 Å². The Bertz CT molecular complexity index is 1960. The van der Waals surface area contributed by atoms with Gasteiger partial charge in [-0.3, -0.25) is 9.08 Å². The molecule has 0 bridgehead atoms. The van der Waals surface area contributed by atoms with Crippen molar-refractivity contribution >= 4 is 95.2 Å². The van der Waals surface area contributed by atoms with Crippen molar-refractivity contribution in [1.29, 1.82) is 0 Å². The van der Waals surface area contributed by atoms with Crippen molar-refractivity contribution in [3.8, 4) is 28.7 Å². The Kier molecular flexibility index (Phi) is 43.6. The summed E-state index contributed by atoms with van der Waals surface area (Å²) in [5.74, 6) is 2.90. The minimum Gasteiger partial charge on any atom is -0.508 e. The average Bonchev–Trinajstić information content (AvgIpc) is 3.24. The van der Waals surface area contributed by atoms with Crippen LogP contribution in [0.25, 0.3) is 6.08 Å². The molecule has 15 heteroatoms. The molecule has 352 valence electrons. The quantitative estimate of drug-likeness (QED) is 0.0689. The van der Waals surface area contributed by atoms with Crippen LogP contribution in [0.3, 0.4) is 0 Å². The van der Waals surface area contributed by atoms with Gasteiger partial charge in [-0.25, -0.2) is 30.1 Å². The van der Waals surface area contributed by atoms with Gasteiger partial charge in [0.2, 0.25) is 0 Å². The zero-order valence-corrected chi connectivity index (χ0v) is 44.2. The standard InChI is InChI=1S/C11H12O.C10H12O2.C10H14O.C8H10O.C7H8O.CH2Cl2.CH3ClO.CH2O.Al.3ClH/c1-3-4-5-10-6-7-11(12)9(2)8-10;1-7-6-9(8(2)11)4-5-10(7)12-3;1-10(2,3)8-4-6-9(11)7-5-8;1-7-5-3-4-6-8(7)9-2;1-6-4-2-3-5-7(6)8;2-1-3;1-3-2;1-2;;;;/h3-8,12H,1H2,2H3;4-6H,1-3H3;4-7,11H,1-3H3;3-6H,1-2H3;2-5,8H,1H3;1H2;1H3;1H2;;3*1H/q;;;;;;;;+3;;;/p-3/b5-4+;;;;;;;;;;;. The molecule has 0 saturated carbocycles. The highest BCUT2D eigenvalue weighted by Crippen LogP contribution is 2.24. The van der Waals surface area contributed by atoms with E-state index in [0.717, 1.165) is 39.3 Å². The van der Waals surface area contributed by atoms with Gasteiger partial charge in [0.1, 0.15) is 35.5 Å². The van der Waals surface area contributed by atoms with E-state index >= 15 is 0 Å². The molecule has 0 saturated heterocycles. The van der Waals surface area contributed by atoms with Gasteiger partial charge in [0, 0.05) is 5.56 Å². The number of hydrogen-bond donors (Lipinski definition) is 3. The van der Waals surface area contributed by atoms with Gasteiger partial charge in [-0.1, -0.05) is 100 Å². The lowest BCUT2D eigenvalue weighted by molar-refractivity contribution is -0.0980. The predicted octanol–water partition coefficient (Wildman–Crippen LogP) is 15.2. The third kappa shape index (κ3) is 36.5. The zero-order valence-electron chi connectivity index (χ0n) is 38.5. The lowest BCUT2D eigenvalue weighted by Gasteiger charge is -2.18. The highest BCUT2D eigenvalue weighted by atomic mass is 35.8. The van der Waals surface area contributed by atoms with Crippen LogP contribution in [0.4, 0.5) is 0 Å². The van der Waals surface area contributed by atoms with Crippen molar-refractivity contribution < 1.29 is 38.7 Å². The van der Waals surface area contributed by atoms with Crippen molar-refractivity contribution in [2.75, 3.05) is 26.7 Å². The fourth-order valence-electron chi connectivity index (χ4n) is 4.37. The molecule has 5 aromatic carbocycles. The number of aromatic hydroxyl groups is 3. The molecule has 0 radical (unpaired) electrons. The first kappa shape index (κ1) is 66.8. The number of halogens is 6. The van der Waals surface area contributed by atoms with Crippen LogP contribution in [0.5, 0.6) is 28.7 Å². The van der Waals surface area contributed by atoms with E-state index in [0.29, 0.717) is 17.2 Å². The molecule has 0 amide bonds. The van der Waals surface area contributed by atoms with E-state index in [1.165, 1.54) is 18.2 Å². The second-order valence-electron chi connectivity index (χ2n) is 13.4. The number of Topliss-reactive ketones (excluding diaryl/α,β-unsaturated/α-hetero) is 1. The Morgan fingerprint density at radius 1 is 0.672 bits per heavy atom. The van der Waals surface area contributed by atoms with Crippen LogP contribution in [0.1, 0.15) is 71.4 Å². The number of carbonyl (C=O) groups excluding carboxylic acids is 2. The van der Waals surface area contributed by atoms with Gasteiger partial charge >= 0.3 is 11.4 Å². The third-order valence-corrected chi connectivity index (χ3v) is 7.61. The van der Waals surface area contributed by atoms with E-state index in [2.05, 4.69) is 43.5 Å². The number of phenols is 3. The highest BCUT2D eigenvalue weighted by molar-refractivity contribution is 7.54. The monoisotopic (exact) mass is 1020 g/mol. The second kappa shape index (κ2) is 41.8. The summed E-state index contributed by atoms with van der Waals surface area (Å²) < 4.78 is 13.8.